The molecule has 0 atom stereocenters. The van der Waals surface area contributed by atoms with Gasteiger partial charge < -0.3 is 5.32 Å². The molecule has 2 N–H and O–H groups in total. The molecular weight excluding hydrogens is 314 g/mol. The Morgan fingerprint density at radius 2 is 2.14 bits per heavy atom. The fraction of sp³-hybridized carbons (Fsp3) is 0.692. The van der Waals surface area contributed by atoms with Crippen LogP contribution in [0.4, 0.5) is 0 Å². The number of hydrogen-bond acceptors (Lipinski definition) is 4. The summed E-state index contributed by atoms with van der Waals surface area (Å²) in [4.78, 5) is 12.0. The summed E-state index contributed by atoms with van der Waals surface area (Å²) < 4.78 is 23.4. The predicted octanol–water partition coefficient (Wildman–Crippen LogP) is 2.21. The van der Waals surface area contributed by atoms with Crippen molar-refractivity contribution >= 4 is 25.6 Å². The van der Waals surface area contributed by atoms with E-state index in [9.17, 15) is 13.2 Å². The molecule has 1 fully saturated rings. The summed E-state index contributed by atoms with van der Waals surface area (Å²) >= 11 is 0. The monoisotopic (exact) mass is 333 g/mol. The lowest BCUT2D eigenvalue weighted by molar-refractivity contribution is 0.0882. The van der Waals surface area contributed by atoms with E-state index >= 15 is 0 Å². The smallest absolute Gasteiger partial charge is 0.273 e. The number of H-pyrrole nitrogens is 1. The van der Waals surface area contributed by atoms with Crippen molar-refractivity contribution < 1.29 is 13.2 Å². The highest BCUT2D eigenvalue weighted by Crippen LogP contribution is 2.39. The summed E-state index contributed by atoms with van der Waals surface area (Å²) in [6.07, 6.45) is 4.49. The van der Waals surface area contributed by atoms with Gasteiger partial charge in [-0.25, -0.2) is 8.42 Å². The van der Waals surface area contributed by atoms with E-state index in [4.69, 9.17) is 10.7 Å². The number of rotatable bonds is 6. The van der Waals surface area contributed by atoms with Crippen LogP contribution >= 0.6 is 10.7 Å². The van der Waals surface area contributed by atoms with Gasteiger partial charge in [0, 0.05) is 17.2 Å². The third-order valence-electron chi connectivity index (χ3n) is 3.99. The highest BCUT2D eigenvalue weighted by Gasteiger charge is 2.33. The van der Waals surface area contributed by atoms with Gasteiger partial charge in [0.1, 0.15) is 4.90 Å². The van der Waals surface area contributed by atoms with Crippen LogP contribution < -0.4 is 5.32 Å². The second-order valence-corrected chi connectivity index (χ2v) is 8.42. The summed E-state index contributed by atoms with van der Waals surface area (Å²) in [6.45, 7) is 4.52. The Kier molecular flexibility index (Phi) is 4.63. The van der Waals surface area contributed by atoms with E-state index in [1.54, 1.807) is 0 Å². The zero-order valence-electron chi connectivity index (χ0n) is 12.2. The molecule has 1 aliphatic carbocycles. The molecule has 0 spiro atoms. The number of aromatic nitrogens is 2. The van der Waals surface area contributed by atoms with Crippen LogP contribution in [0.3, 0.4) is 0 Å². The van der Waals surface area contributed by atoms with Crippen LogP contribution in [0.5, 0.6) is 0 Å². The Morgan fingerprint density at radius 1 is 1.48 bits per heavy atom. The molecule has 6 nitrogen and oxygen atoms in total. The summed E-state index contributed by atoms with van der Waals surface area (Å²) in [5, 5.41) is 9.22. The summed E-state index contributed by atoms with van der Waals surface area (Å²) in [5.41, 5.74) is 0.349. The van der Waals surface area contributed by atoms with Crippen LogP contribution in [-0.2, 0) is 15.5 Å². The van der Waals surface area contributed by atoms with Gasteiger partial charge in [0.15, 0.2) is 5.69 Å². The average molecular weight is 334 g/mol. The van der Waals surface area contributed by atoms with Crippen molar-refractivity contribution in [2.24, 2.45) is 5.41 Å². The molecule has 0 aromatic carbocycles. The van der Waals surface area contributed by atoms with Crippen LogP contribution in [0.25, 0.3) is 0 Å². The third kappa shape index (κ3) is 3.58. The van der Waals surface area contributed by atoms with E-state index in [-0.39, 0.29) is 16.0 Å². The van der Waals surface area contributed by atoms with Crippen molar-refractivity contribution in [3.63, 3.8) is 0 Å². The lowest BCUT2D eigenvalue weighted by Crippen LogP contribution is -2.40. The second kappa shape index (κ2) is 5.96. The molecular formula is C13H20ClN3O3S. The topological polar surface area (TPSA) is 91.9 Å². The minimum atomic E-state index is -4.02. The van der Waals surface area contributed by atoms with Gasteiger partial charge in [-0.3, -0.25) is 9.89 Å². The van der Waals surface area contributed by atoms with E-state index in [0.29, 0.717) is 18.7 Å². The van der Waals surface area contributed by atoms with Crippen molar-refractivity contribution in [3.05, 3.63) is 11.4 Å². The van der Waals surface area contributed by atoms with Crippen molar-refractivity contribution in [2.75, 3.05) is 6.54 Å². The number of amides is 1. The maximum atomic E-state index is 12.2. The Hall–Kier alpha value is -1.08. The molecule has 1 aromatic rings. The lowest BCUT2D eigenvalue weighted by atomic mass is 9.70. The normalized spacial score (nSPS) is 17.3. The number of halogens is 1. The molecule has 21 heavy (non-hydrogen) atoms. The van der Waals surface area contributed by atoms with Gasteiger partial charge in [-0.15, -0.1) is 0 Å². The SMILES string of the molecule is CCCc1[nH]nc(C(=O)NCC2(C)CCC2)c1S(=O)(=O)Cl. The van der Waals surface area contributed by atoms with E-state index in [1.807, 2.05) is 6.92 Å². The van der Waals surface area contributed by atoms with Crippen molar-refractivity contribution in [2.45, 2.75) is 50.8 Å². The summed E-state index contributed by atoms with van der Waals surface area (Å²) in [6, 6.07) is 0. The van der Waals surface area contributed by atoms with Crippen molar-refractivity contribution in [1.29, 1.82) is 0 Å². The first-order valence-corrected chi connectivity index (χ1v) is 9.38. The number of carbonyl (C=O) groups excluding carboxylic acids is 1. The lowest BCUT2D eigenvalue weighted by Gasteiger charge is -2.38. The molecule has 1 aliphatic rings. The highest BCUT2D eigenvalue weighted by molar-refractivity contribution is 8.13. The highest BCUT2D eigenvalue weighted by atomic mass is 35.7. The fourth-order valence-corrected chi connectivity index (χ4v) is 3.85. The maximum Gasteiger partial charge on any atom is 0.273 e. The largest absolute Gasteiger partial charge is 0.350 e. The van der Waals surface area contributed by atoms with Crippen LogP contribution in [0.15, 0.2) is 4.90 Å². The maximum absolute atomic E-state index is 12.2. The summed E-state index contributed by atoms with van der Waals surface area (Å²) in [5.74, 6) is -0.499. The van der Waals surface area contributed by atoms with Gasteiger partial charge in [0.2, 0.25) is 0 Å². The van der Waals surface area contributed by atoms with E-state index in [0.717, 1.165) is 25.7 Å². The molecule has 0 saturated heterocycles. The molecule has 2 rings (SSSR count). The standard InChI is InChI=1S/C13H20ClN3O3S/c1-3-5-9-11(21(14,19)20)10(17-16-9)12(18)15-8-13(2)6-4-7-13/h3-8H2,1-2H3,(H,15,18)(H,16,17). The first-order valence-electron chi connectivity index (χ1n) is 7.07. The van der Waals surface area contributed by atoms with Crippen LogP contribution in [0.1, 0.15) is 55.7 Å². The first kappa shape index (κ1) is 16.3. The van der Waals surface area contributed by atoms with Gasteiger partial charge in [-0.2, -0.15) is 5.10 Å². The zero-order chi connectivity index (χ0) is 15.7. The van der Waals surface area contributed by atoms with Crippen molar-refractivity contribution in [1.82, 2.24) is 15.5 Å². The van der Waals surface area contributed by atoms with Gasteiger partial charge in [-0.05, 0) is 24.7 Å². The van der Waals surface area contributed by atoms with Gasteiger partial charge in [0.25, 0.3) is 15.0 Å². The second-order valence-electron chi connectivity index (χ2n) is 5.91. The predicted molar refractivity (Wildman–Crippen MR) is 79.9 cm³/mol. The molecule has 0 unspecified atom stereocenters. The molecule has 1 saturated carbocycles. The van der Waals surface area contributed by atoms with Gasteiger partial charge >= 0.3 is 0 Å². The third-order valence-corrected chi connectivity index (χ3v) is 5.38. The van der Waals surface area contributed by atoms with Crippen molar-refractivity contribution in [3.8, 4) is 0 Å². The average Bonchev–Trinajstić information content (AvgIpc) is 2.78. The molecule has 118 valence electrons. The number of hydrogen-bond donors (Lipinski definition) is 2. The van der Waals surface area contributed by atoms with E-state index < -0.39 is 15.0 Å². The summed E-state index contributed by atoms with van der Waals surface area (Å²) in [7, 11) is 1.44. The Bertz CT molecular complexity index is 635. The number of aromatic amines is 1. The molecule has 1 amide bonds. The Morgan fingerprint density at radius 3 is 2.62 bits per heavy atom. The van der Waals surface area contributed by atoms with Crippen LogP contribution in [-0.4, -0.2) is 31.1 Å². The number of carbonyl (C=O) groups is 1. The molecule has 1 heterocycles. The molecule has 1 aromatic heterocycles. The Labute approximate surface area is 129 Å². The number of aryl methyl sites for hydroxylation is 1. The number of nitrogens with one attached hydrogen (secondary N) is 2. The number of nitrogens with zero attached hydrogens (tertiary/aromatic N) is 1. The zero-order valence-corrected chi connectivity index (χ0v) is 13.8. The minimum absolute atomic E-state index is 0.109. The quantitative estimate of drug-likeness (QED) is 0.781. The molecule has 0 aliphatic heterocycles. The molecule has 0 bridgehead atoms. The van der Waals surface area contributed by atoms with E-state index in [1.165, 1.54) is 0 Å². The van der Waals surface area contributed by atoms with E-state index in [2.05, 4.69) is 22.4 Å². The Balaban J connectivity index is 2.20. The first-order chi connectivity index (χ1) is 9.77. The van der Waals surface area contributed by atoms with Crippen LogP contribution in [0, 0.1) is 5.41 Å². The fourth-order valence-electron chi connectivity index (χ4n) is 2.54. The minimum Gasteiger partial charge on any atom is -0.350 e. The molecule has 0 radical (unpaired) electrons. The van der Waals surface area contributed by atoms with Gasteiger partial charge in [-0.1, -0.05) is 26.7 Å². The molecule has 8 heteroatoms. The van der Waals surface area contributed by atoms with Crippen LogP contribution in [0.2, 0.25) is 0 Å². The van der Waals surface area contributed by atoms with Gasteiger partial charge in [0.05, 0.1) is 5.69 Å².